The molecule has 2 N–H and O–H groups in total. The van der Waals surface area contributed by atoms with E-state index in [1.807, 2.05) is 18.2 Å². The molecule has 4 nitrogen and oxygen atoms in total. The van der Waals surface area contributed by atoms with Gasteiger partial charge in [0.15, 0.2) is 5.82 Å². The second-order valence-electron chi connectivity index (χ2n) is 2.86. The van der Waals surface area contributed by atoms with Gasteiger partial charge in [-0.15, -0.1) is 0 Å². The molecule has 0 radical (unpaired) electrons. The Morgan fingerprint density at radius 2 is 1.93 bits per heavy atom. The van der Waals surface area contributed by atoms with Crippen molar-refractivity contribution in [3.8, 4) is 0 Å². The fourth-order valence-corrected chi connectivity index (χ4v) is 1.86. The number of thioether (sulfide) groups is 1. The lowest BCUT2D eigenvalue weighted by Gasteiger charge is -2.01. The van der Waals surface area contributed by atoms with Crippen molar-refractivity contribution in [2.75, 3.05) is 5.73 Å². The van der Waals surface area contributed by atoms with Gasteiger partial charge in [0, 0.05) is 24.3 Å². The van der Waals surface area contributed by atoms with E-state index >= 15 is 0 Å². The number of nitrogens with two attached hydrogens (primary N) is 1. The second-order valence-corrected chi connectivity index (χ2v) is 3.82. The maximum Gasteiger partial charge on any atom is 0.156 e. The van der Waals surface area contributed by atoms with Gasteiger partial charge in [-0.1, -0.05) is 17.8 Å². The van der Waals surface area contributed by atoms with Gasteiger partial charge in [0.1, 0.15) is 5.03 Å². The van der Waals surface area contributed by atoms with Crippen LogP contribution in [0.2, 0.25) is 0 Å². The lowest BCUT2D eigenvalue weighted by molar-refractivity contribution is 1.06. The van der Waals surface area contributed by atoms with Gasteiger partial charge in [-0.05, 0) is 12.1 Å². The topological polar surface area (TPSA) is 64.7 Å². The second kappa shape index (κ2) is 4.75. The van der Waals surface area contributed by atoms with Gasteiger partial charge in [0.2, 0.25) is 0 Å². The Bertz CT molecular complexity index is 432. The summed E-state index contributed by atoms with van der Waals surface area (Å²) < 4.78 is 0. The van der Waals surface area contributed by atoms with Crippen LogP contribution in [0.3, 0.4) is 0 Å². The average molecular weight is 218 g/mol. The van der Waals surface area contributed by atoms with E-state index in [1.165, 1.54) is 11.8 Å². The molecule has 2 aromatic heterocycles. The third-order valence-corrected chi connectivity index (χ3v) is 2.80. The van der Waals surface area contributed by atoms with E-state index < -0.39 is 0 Å². The number of pyridine rings is 1. The monoisotopic (exact) mass is 218 g/mol. The summed E-state index contributed by atoms with van der Waals surface area (Å²) in [6.07, 6.45) is 4.99. The van der Waals surface area contributed by atoms with E-state index in [4.69, 9.17) is 5.73 Å². The quantitative estimate of drug-likeness (QED) is 0.795. The number of nitrogen functional groups attached to an aromatic ring is 1. The van der Waals surface area contributed by atoms with Gasteiger partial charge in [0.25, 0.3) is 0 Å². The summed E-state index contributed by atoms with van der Waals surface area (Å²) in [6, 6.07) is 5.83. The molecule has 0 fully saturated rings. The maximum absolute atomic E-state index is 5.67. The molecule has 2 aromatic rings. The summed E-state index contributed by atoms with van der Waals surface area (Å²) in [6.45, 7) is 0. The first kappa shape index (κ1) is 9.92. The molecule has 15 heavy (non-hydrogen) atoms. The Hall–Kier alpha value is -1.62. The molecular formula is C10H10N4S. The number of aromatic nitrogens is 3. The number of anilines is 1. The Kier molecular flexibility index (Phi) is 3.14. The van der Waals surface area contributed by atoms with Crippen molar-refractivity contribution in [3.05, 3.63) is 42.5 Å². The molecule has 0 spiro atoms. The summed E-state index contributed by atoms with van der Waals surface area (Å²) in [5.74, 6) is 1.22. The number of hydrogen-bond acceptors (Lipinski definition) is 5. The van der Waals surface area contributed by atoms with Crippen molar-refractivity contribution in [1.29, 1.82) is 0 Å². The highest BCUT2D eigenvalue weighted by atomic mass is 32.2. The van der Waals surface area contributed by atoms with Crippen molar-refractivity contribution >= 4 is 17.6 Å². The summed E-state index contributed by atoms with van der Waals surface area (Å²) in [4.78, 5) is 12.3. The molecule has 0 aliphatic rings. The Balaban J connectivity index is 2.03. The van der Waals surface area contributed by atoms with Gasteiger partial charge in [-0.3, -0.25) is 4.98 Å². The number of nitrogens with zero attached hydrogens (tertiary/aromatic N) is 3. The third-order valence-electron chi connectivity index (χ3n) is 1.77. The van der Waals surface area contributed by atoms with Crippen LogP contribution in [0, 0.1) is 0 Å². The van der Waals surface area contributed by atoms with Crippen molar-refractivity contribution < 1.29 is 0 Å². The van der Waals surface area contributed by atoms with Gasteiger partial charge >= 0.3 is 0 Å². The molecule has 0 aliphatic carbocycles. The van der Waals surface area contributed by atoms with E-state index in [2.05, 4.69) is 15.0 Å². The summed E-state index contributed by atoms with van der Waals surface area (Å²) in [5.41, 5.74) is 6.68. The van der Waals surface area contributed by atoms with Crippen LogP contribution in [0.5, 0.6) is 0 Å². The molecular weight excluding hydrogens is 208 g/mol. The van der Waals surface area contributed by atoms with Crippen LogP contribution in [-0.2, 0) is 5.75 Å². The van der Waals surface area contributed by atoms with Crippen molar-refractivity contribution in [2.45, 2.75) is 10.8 Å². The summed E-state index contributed by atoms with van der Waals surface area (Å²) in [7, 11) is 0. The van der Waals surface area contributed by atoms with E-state index in [0.29, 0.717) is 5.82 Å². The average Bonchev–Trinajstić information content (AvgIpc) is 2.29. The fourth-order valence-electron chi connectivity index (χ4n) is 1.07. The molecule has 2 rings (SSSR count). The Labute approximate surface area is 92.0 Å². The van der Waals surface area contributed by atoms with E-state index in [1.54, 1.807) is 18.6 Å². The van der Waals surface area contributed by atoms with Crippen LogP contribution in [0.15, 0.2) is 41.8 Å². The highest BCUT2D eigenvalue weighted by Crippen LogP contribution is 2.22. The van der Waals surface area contributed by atoms with Crippen LogP contribution < -0.4 is 5.73 Å². The molecule has 0 aliphatic heterocycles. The molecule has 2 heterocycles. The Morgan fingerprint density at radius 3 is 2.67 bits per heavy atom. The van der Waals surface area contributed by atoms with Gasteiger partial charge < -0.3 is 5.73 Å². The lowest BCUT2D eigenvalue weighted by Crippen LogP contribution is -1.95. The summed E-state index contributed by atoms with van der Waals surface area (Å²) in [5, 5.41) is 0.753. The minimum atomic E-state index is 0.471. The minimum absolute atomic E-state index is 0.471. The fraction of sp³-hybridized carbons (Fsp3) is 0.100. The standard InChI is InChI=1S/C10H10N4S/c11-9-10(14-6-5-13-9)15-7-8-3-1-2-4-12-8/h1-6H,7H2,(H2,11,13). The van der Waals surface area contributed by atoms with Crippen LogP contribution in [0.1, 0.15) is 5.69 Å². The first-order valence-corrected chi connectivity index (χ1v) is 5.44. The smallest absolute Gasteiger partial charge is 0.156 e. The van der Waals surface area contributed by atoms with Crippen LogP contribution in [-0.4, -0.2) is 15.0 Å². The van der Waals surface area contributed by atoms with Crippen molar-refractivity contribution in [3.63, 3.8) is 0 Å². The predicted molar refractivity (Wildman–Crippen MR) is 60.2 cm³/mol. The first-order valence-electron chi connectivity index (χ1n) is 4.45. The molecule has 0 amide bonds. The number of hydrogen-bond donors (Lipinski definition) is 1. The van der Waals surface area contributed by atoms with Gasteiger partial charge in [-0.25, -0.2) is 9.97 Å². The van der Waals surface area contributed by atoms with Crippen LogP contribution >= 0.6 is 11.8 Å². The molecule has 76 valence electrons. The zero-order valence-electron chi connectivity index (χ0n) is 8.00. The maximum atomic E-state index is 5.67. The molecule has 5 heteroatoms. The zero-order chi connectivity index (χ0) is 10.5. The largest absolute Gasteiger partial charge is 0.381 e. The van der Waals surface area contributed by atoms with E-state index in [9.17, 15) is 0 Å². The van der Waals surface area contributed by atoms with Crippen LogP contribution in [0.25, 0.3) is 0 Å². The number of rotatable bonds is 3. The molecule has 0 atom stereocenters. The highest BCUT2D eigenvalue weighted by Gasteiger charge is 2.02. The van der Waals surface area contributed by atoms with E-state index in [-0.39, 0.29) is 0 Å². The molecule has 0 saturated heterocycles. The SMILES string of the molecule is Nc1nccnc1SCc1ccccn1. The summed E-state index contributed by atoms with van der Waals surface area (Å²) >= 11 is 1.54. The minimum Gasteiger partial charge on any atom is -0.381 e. The van der Waals surface area contributed by atoms with Crippen molar-refractivity contribution in [2.24, 2.45) is 0 Å². The highest BCUT2D eigenvalue weighted by molar-refractivity contribution is 7.98. The normalized spacial score (nSPS) is 10.1. The third kappa shape index (κ3) is 2.66. The van der Waals surface area contributed by atoms with Gasteiger partial charge in [0.05, 0.1) is 5.69 Å². The van der Waals surface area contributed by atoms with E-state index in [0.717, 1.165) is 16.5 Å². The lowest BCUT2D eigenvalue weighted by atomic mass is 10.4. The zero-order valence-corrected chi connectivity index (χ0v) is 8.81. The molecule has 0 saturated carbocycles. The Morgan fingerprint density at radius 1 is 1.07 bits per heavy atom. The molecule has 0 aromatic carbocycles. The van der Waals surface area contributed by atoms with Crippen molar-refractivity contribution in [1.82, 2.24) is 15.0 Å². The first-order chi connectivity index (χ1) is 7.36. The molecule has 0 bridgehead atoms. The van der Waals surface area contributed by atoms with Crippen LogP contribution in [0.4, 0.5) is 5.82 Å². The van der Waals surface area contributed by atoms with Gasteiger partial charge in [-0.2, -0.15) is 0 Å². The molecule has 0 unspecified atom stereocenters. The predicted octanol–water partition coefficient (Wildman–Crippen LogP) is 1.75.